The van der Waals surface area contributed by atoms with E-state index in [0.29, 0.717) is 0 Å². The number of nitrogens with zero attached hydrogens (tertiary/aromatic N) is 3. The van der Waals surface area contributed by atoms with Crippen molar-refractivity contribution < 1.29 is 4.58 Å². The first kappa shape index (κ1) is 7.32. The molecule has 3 nitrogen and oxygen atoms in total. The highest BCUT2D eigenvalue weighted by molar-refractivity contribution is 5.97. The van der Waals surface area contributed by atoms with Crippen molar-refractivity contribution in [3.63, 3.8) is 0 Å². The number of rotatable bonds is 0. The molecule has 4 rings (SSSR count). The van der Waals surface area contributed by atoms with E-state index >= 15 is 0 Å². The summed E-state index contributed by atoms with van der Waals surface area (Å²) in [6.07, 6.45) is 2.66. The Morgan fingerprint density at radius 3 is 2.79 bits per heavy atom. The summed E-state index contributed by atoms with van der Waals surface area (Å²) in [6, 6.07) is 0. The van der Waals surface area contributed by atoms with Gasteiger partial charge in [-0.1, -0.05) is 0 Å². The Kier molecular flexibility index (Phi) is 1.22. The van der Waals surface area contributed by atoms with Gasteiger partial charge in [-0.25, -0.2) is 0 Å². The van der Waals surface area contributed by atoms with E-state index in [0.717, 1.165) is 0 Å². The van der Waals surface area contributed by atoms with E-state index in [2.05, 4.69) is 14.4 Å². The molecule has 0 radical (unpaired) electrons. The highest BCUT2D eigenvalue weighted by Gasteiger charge is 2.45. The van der Waals surface area contributed by atoms with Gasteiger partial charge >= 0.3 is 0 Å². The summed E-state index contributed by atoms with van der Waals surface area (Å²) >= 11 is 0. The Hall–Kier alpha value is -0.990. The lowest BCUT2D eigenvalue weighted by Gasteiger charge is -2.31. The van der Waals surface area contributed by atoms with Crippen molar-refractivity contribution in [3.05, 3.63) is 11.3 Å². The van der Waals surface area contributed by atoms with Gasteiger partial charge in [-0.05, 0) is 12.0 Å². The Morgan fingerprint density at radius 2 is 1.79 bits per heavy atom. The van der Waals surface area contributed by atoms with Crippen LogP contribution in [0.5, 0.6) is 0 Å². The summed E-state index contributed by atoms with van der Waals surface area (Å²) in [4.78, 5) is 5.20. The normalized spacial score (nSPS) is 29.1. The Labute approximate surface area is 84.3 Å². The van der Waals surface area contributed by atoms with E-state index < -0.39 is 0 Å². The summed E-state index contributed by atoms with van der Waals surface area (Å²) in [6.45, 7) is 7.60. The number of hydrogen-bond acceptors (Lipinski definition) is 2. The Morgan fingerprint density at radius 1 is 0.857 bits per heavy atom. The van der Waals surface area contributed by atoms with Crippen LogP contribution in [0, 0.1) is 0 Å². The number of hydrogen-bond donors (Lipinski definition) is 0. The second kappa shape index (κ2) is 2.33. The van der Waals surface area contributed by atoms with Crippen LogP contribution in [0.3, 0.4) is 0 Å². The summed E-state index contributed by atoms with van der Waals surface area (Å²) in [7, 11) is 0. The van der Waals surface area contributed by atoms with Crippen LogP contribution in [-0.2, 0) is 0 Å². The van der Waals surface area contributed by atoms with Crippen LogP contribution in [0.2, 0.25) is 0 Å². The first-order chi connectivity index (χ1) is 6.93. The van der Waals surface area contributed by atoms with Gasteiger partial charge in [-0.3, -0.25) is 9.48 Å². The summed E-state index contributed by atoms with van der Waals surface area (Å²) in [5.41, 5.74) is 3.36. The third-order valence-corrected chi connectivity index (χ3v) is 4.11. The molecule has 4 aliphatic rings. The van der Waals surface area contributed by atoms with E-state index in [-0.39, 0.29) is 0 Å². The minimum atomic E-state index is 1.25. The number of amidine groups is 1. The molecule has 1 saturated heterocycles. The highest BCUT2D eigenvalue weighted by atomic mass is 15.4. The average molecular weight is 190 g/mol. The second-order valence-electron chi connectivity index (χ2n) is 4.74. The molecule has 74 valence electrons. The minimum absolute atomic E-state index is 1.25. The fourth-order valence-corrected chi connectivity index (χ4v) is 3.39. The maximum Gasteiger partial charge on any atom is 0.296 e. The lowest BCUT2D eigenvalue weighted by Crippen LogP contribution is -2.47. The standard InChI is InChI=1S/C11H16N3/c1-3-12-5-6-14-8-7-13-4-2-9(1)10(12)11(13)14/h1-8H2/q+1. The van der Waals surface area contributed by atoms with Crippen molar-refractivity contribution in [2.45, 2.75) is 12.8 Å². The van der Waals surface area contributed by atoms with E-state index in [1.54, 1.807) is 17.1 Å². The molecule has 0 atom stereocenters. The van der Waals surface area contributed by atoms with Crippen LogP contribution in [-0.4, -0.2) is 59.5 Å². The second-order valence-corrected chi connectivity index (χ2v) is 4.74. The van der Waals surface area contributed by atoms with Crippen molar-refractivity contribution >= 4 is 5.84 Å². The Balaban J connectivity index is 1.92. The molecule has 1 fully saturated rings. The fraction of sp³-hybridized carbons (Fsp3) is 0.727. The molecule has 0 aromatic heterocycles. The van der Waals surface area contributed by atoms with Crippen molar-refractivity contribution in [1.29, 1.82) is 0 Å². The zero-order chi connectivity index (χ0) is 9.12. The first-order valence-electron chi connectivity index (χ1n) is 5.78. The molecule has 0 bridgehead atoms. The molecule has 0 saturated carbocycles. The van der Waals surface area contributed by atoms with Crippen LogP contribution < -0.4 is 0 Å². The van der Waals surface area contributed by atoms with Gasteiger partial charge in [0.15, 0.2) is 0 Å². The van der Waals surface area contributed by atoms with Gasteiger partial charge in [0.1, 0.15) is 25.3 Å². The maximum atomic E-state index is 2.61. The van der Waals surface area contributed by atoms with E-state index in [1.807, 2.05) is 0 Å². The fourth-order valence-electron chi connectivity index (χ4n) is 3.39. The molecule has 3 heteroatoms. The average Bonchev–Trinajstić information content (AvgIpc) is 2.77. The first-order valence-corrected chi connectivity index (χ1v) is 5.78. The Bertz CT molecular complexity index is 331. The molecule has 4 aliphatic heterocycles. The largest absolute Gasteiger partial charge is 0.361 e. The zero-order valence-corrected chi connectivity index (χ0v) is 8.50. The van der Waals surface area contributed by atoms with E-state index in [9.17, 15) is 0 Å². The zero-order valence-electron chi connectivity index (χ0n) is 8.50. The van der Waals surface area contributed by atoms with Crippen molar-refractivity contribution in [2.75, 3.05) is 39.3 Å². The van der Waals surface area contributed by atoms with Crippen LogP contribution in [0.25, 0.3) is 0 Å². The summed E-state index contributed by atoms with van der Waals surface area (Å²) < 4.78 is 2.59. The quantitative estimate of drug-likeness (QED) is 0.501. The molecule has 0 aromatic rings. The molecule has 0 N–H and O–H groups in total. The molecule has 0 unspecified atom stereocenters. The van der Waals surface area contributed by atoms with Crippen LogP contribution in [0.15, 0.2) is 11.3 Å². The van der Waals surface area contributed by atoms with Crippen molar-refractivity contribution in [2.24, 2.45) is 0 Å². The van der Waals surface area contributed by atoms with Crippen molar-refractivity contribution in [1.82, 2.24) is 9.80 Å². The van der Waals surface area contributed by atoms with E-state index in [1.165, 1.54) is 52.1 Å². The molecule has 0 aromatic carbocycles. The molecule has 0 spiro atoms. The predicted molar refractivity (Wildman–Crippen MR) is 54.4 cm³/mol. The van der Waals surface area contributed by atoms with Gasteiger partial charge in [0, 0.05) is 13.0 Å². The van der Waals surface area contributed by atoms with Crippen LogP contribution >= 0.6 is 0 Å². The SMILES string of the molecule is C1CN2CCN3CC[N+]4=C3C2=C1CC4. The summed E-state index contributed by atoms with van der Waals surface area (Å²) in [5.74, 6) is 1.58. The highest BCUT2D eigenvalue weighted by Crippen LogP contribution is 2.34. The van der Waals surface area contributed by atoms with Gasteiger partial charge in [-0.2, -0.15) is 0 Å². The molecule has 0 aliphatic carbocycles. The van der Waals surface area contributed by atoms with Gasteiger partial charge in [0.25, 0.3) is 5.84 Å². The third-order valence-electron chi connectivity index (χ3n) is 4.11. The van der Waals surface area contributed by atoms with Crippen LogP contribution in [0.4, 0.5) is 0 Å². The third kappa shape index (κ3) is 0.725. The molecular weight excluding hydrogens is 174 g/mol. The lowest BCUT2D eigenvalue weighted by atomic mass is 10.1. The molecule has 14 heavy (non-hydrogen) atoms. The molecule has 4 heterocycles. The topological polar surface area (TPSA) is 9.49 Å². The monoisotopic (exact) mass is 190 g/mol. The van der Waals surface area contributed by atoms with E-state index in [4.69, 9.17) is 0 Å². The predicted octanol–water partition coefficient (Wildman–Crippen LogP) is 0.0901. The lowest BCUT2D eigenvalue weighted by molar-refractivity contribution is -0.519. The molecule has 0 amide bonds. The van der Waals surface area contributed by atoms with Crippen molar-refractivity contribution in [3.8, 4) is 0 Å². The number of piperazine rings is 1. The minimum Gasteiger partial charge on any atom is -0.361 e. The summed E-state index contributed by atoms with van der Waals surface area (Å²) in [5, 5.41) is 0. The van der Waals surface area contributed by atoms with Gasteiger partial charge in [0.2, 0.25) is 0 Å². The maximum absolute atomic E-state index is 2.61. The molecular formula is C11H16N3+. The van der Waals surface area contributed by atoms with Gasteiger partial charge < -0.3 is 4.90 Å². The van der Waals surface area contributed by atoms with Gasteiger partial charge in [-0.15, -0.1) is 0 Å². The van der Waals surface area contributed by atoms with Gasteiger partial charge in [0.05, 0.1) is 13.1 Å². The smallest absolute Gasteiger partial charge is 0.296 e. The van der Waals surface area contributed by atoms with Crippen LogP contribution in [0.1, 0.15) is 12.8 Å².